The third-order valence-electron chi connectivity index (χ3n) is 5.15. The molecule has 3 aromatic rings. The van der Waals surface area contributed by atoms with Crippen molar-refractivity contribution >= 4 is 23.8 Å². The van der Waals surface area contributed by atoms with Crippen LogP contribution in [0.25, 0.3) is 5.69 Å². The summed E-state index contributed by atoms with van der Waals surface area (Å²) >= 11 is 0. The van der Waals surface area contributed by atoms with E-state index in [4.69, 9.17) is 0 Å². The van der Waals surface area contributed by atoms with Gasteiger partial charge in [-0.3, -0.25) is 15.4 Å². The lowest BCUT2D eigenvalue weighted by Gasteiger charge is -2.21. The molecule has 0 bridgehead atoms. The lowest BCUT2D eigenvalue weighted by Crippen LogP contribution is -2.40. The van der Waals surface area contributed by atoms with Crippen LogP contribution in [0.5, 0.6) is 0 Å². The van der Waals surface area contributed by atoms with Gasteiger partial charge in [0.2, 0.25) is 0 Å². The van der Waals surface area contributed by atoms with Crippen molar-refractivity contribution in [3.63, 3.8) is 0 Å². The Morgan fingerprint density at radius 3 is 2.61 bits per heavy atom. The Kier molecular flexibility index (Phi) is 5.16. The summed E-state index contributed by atoms with van der Waals surface area (Å²) in [6, 6.07) is 15.8. The number of urea groups is 2. The highest BCUT2D eigenvalue weighted by Crippen LogP contribution is 2.25. The molecular weight excluding hydrogens is 396 g/mol. The van der Waals surface area contributed by atoms with E-state index >= 15 is 0 Å². The van der Waals surface area contributed by atoms with E-state index in [1.807, 2.05) is 49.5 Å². The van der Waals surface area contributed by atoms with Crippen molar-refractivity contribution in [2.24, 2.45) is 0 Å². The normalized spacial score (nSPS) is 17.7. The Hall–Kier alpha value is -4.14. The minimum atomic E-state index is -1.14. The second-order valence-electron chi connectivity index (χ2n) is 7.48. The highest BCUT2D eigenvalue weighted by Gasteiger charge is 2.43. The van der Waals surface area contributed by atoms with E-state index in [-0.39, 0.29) is 6.54 Å². The number of anilines is 1. The SMILES string of the molecule is Cc1cn(-c2ccccc2)nc1NC(=O)NCc1cccc(C2(C)NC(=O)NC2=O)c1. The maximum absolute atomic E-state index is 12.4. The number of benzene rings is 2. The molecule has 1 saturated heterocycles. The molecule has 1 fully saturated rings. The van der Waals surface area contributed by atoms with E-state index in [0.29, 0.717) is 11.4 Å². The number of imide groups is 1. The Bertz CT molecular complexity index is 1160. The number of amides is 5. The monoisotopic (exact) mass is 418 g/mol. The van der Waals surface area contributed by atoms with Crippen LogP contribution < -0.4 is 21.3 Å². The van der Waals surface area contributed by atoms with Crippen molar-refractivity contribution in [1.82, 2.24) is 25.7 Å². The third-order valence-corrected chi connectivity index (χ3v) is 5.15. The van der Waals surface area contributed by atoms with Crippen LogP contribution in [0.1, 0.15) is 23.6 Å². The molecule has 0 saturated carbocycles. The average Bonchev–Trinajstić information content (AvgIpc) is 3.26. The number of nitrogens with zero attached hydrogens (tertiary/aromatic N) is 2. The second-order valence-corrected chi connectivity index (χ2v) is 7.48. The van der Waals surface area contributed by atoms with Crippen molar-refractivity contribution in [2.75, 3.05) is 5.32 Å². The zero-order valence-corrected chi connectivity index (χ0v) is 17.1. The fourth-order valence-electron chi connectivity index (χ4n) is 3.37. The molecule has 2 heterocycles. The molecule has 4 N–H and O–H groups in total. The van der Waals surface area contributed by atoms with Gasteiger partial charge in [0.1, 0.15) is 5.54 Å². The molecule has 158 valence electrons. The summed E-state index contributed by atoms with van der Waals surface area (Å²) in [7, 11) is 0. The largest absolute Gasteiger partial charge is 0.334 e. The van der Waals surface area contributed by atoms with Crippen LogP contribution in [0.15, 0.2) is 60.8 Å². The number of aromatic nitrogens is 2. The molecule has 1 aliphatic rings. The summed E-state index contributed by atoms with van der Waals surface area (Å²) in [5.74, 6) is 0.0535. The first-order valence-corrected chi connectivity index (χ1v) is 9.75. The lowest BCUT2D eigenvalue weighted by atomic mass is 9.91. The summed E-state index contributed by atoms with van der Waals surface area (Å²) in [6.45, 7) is 3.75. The van der Waals surface area contributed by atoms with E-state index in [9.17, 15) is 14.4 Å². The van der Waals surface area contributed by atoms with Crippen molar-refractivity contribution < 1.29 is 14.4 Å². The molecule has 31 heavy (non-hydrogen) atoms. The van der Waals surface area contributed by atoms with Crippen molar-refractivity contribution in [2.45, 2.75) is 25.9 Å². The van der Waals surface area contributed by atoms with Crippen LogP contribution >= 0.6 is 0 Å². The van der Waals surface area contributed by atoms with Gasteiger partial charge in [-0.15, -0.1) is 5.10 Å². The van der Waals surface area contributed by atoms with Gasteiger partial charge in [0, 0.05) is 18.3 Å². The number of carbonyl (C=O) groups excluding carboxylic acids is 3. The number of carbonyl (C=O) groups is 3. The Morgan fingerprint density at radius 1 is 1.13 bits per heavy atom. The first-order valence-electron chi connectivity index (χ1n) is 9.75. The number of aryl methyl sites for hydroxylation is 1. The first-order chi connectivity index (χ1) is 14.8. The number of nitrogens with one attached hydrogen (secondary N) is 4. The van der Waals surface area contributed by atoms with Crippen molar-refractivity contribution in [1.29, 1.82) is 0 Å². The molecule has 0 aliphatic carbocycles. The Balaban J connectivity index is 1.40. The quantitative estimate of drug-likeness (QED) is 0.476. The maximum Gasteiger partial charge on any atom is 0.322 e. The van der Waals surface area contributed by atoms with Gasteiger partial charge in [-0.05, 0) is 37.1 Å². The fraction of sp³-hybridized carbons (Fsp3) is 0.182. The third kappa shape index (κ3) is 4.11. The summed E-state index contributed by atoms with van der Waals surface area (Å²) < 4.78 is 1.70. The van der Waals surface area contributed by atoms with Crippen LogP contribution in [0, 0.1) is 6.92 Å². The molecular formula is C22H22N6O3. The molecule has 9 heteroatoms. The van der Waals surface area contributed by atoms with E-state index < -0.39 is 23.5 Å². The first kappa shape index (κ1) is 20.1. The van der Waals surface area contributed by atoms with Crippen LogP contribution in [-0.4, -0.2) is 27.7 Å². The number of hydrogen-bond donors (Lipinski definition) is 4. The van der Waals surface area contributed by atoms with E-state index in [1.54, 1.807) is 29.8 Å². The van der Waals surface area contributed by atoms with E-state index in [0.717, 1.165) is 16.8 Å². The minimum Gasteiger partial charge on any atom is -0.334 e. The zero-order chi connectivity index (χ0) is 22.0. The van der Waals surface area contributed by atoms with E-state index in [1.165, 1.54) is 0 Å². The van der Waals surface area contributed by atoms with Crippen LogP contribution in [0.3, 0.4) is 0 Å². The van der Waals surface area contributed by atoms with Gasteiger partial charge in [0.15, 0.2) is 5.82 Å². The van der Waals surface area contributed by atoms with Crippen molar-refractivity contribution in [3.05, 3.63) is 77.5 Å². The van der Waals surface area contributed by atoms with Gasteiger partial charge >= 0.3 is 12.1 Å². The average molecular weight is 418 g/mol. The van der Waals surface area contributed by atoms with Gasteiger partial charge in [-0.2, -0.15) is 0 Å². The summed E-state index contributed by atoms with van der Waals surface area (Å²) in [5.41, 5.74) is 2.00. The Morgan fingerprint density at radius 2 is 1.90 bits per heavy atom. The molecule has 1 aliphatic heterocycles. The zero-order valence-electron chi connectivity index (χ0n) is 17.1. The van der Waals surface area contributed by atoms with Crippen LogP contribution in [-0.2, 0) is 16.9 Å². The highest BCUT2D eigenvalue weighted by molar-refractivity contribution is 6.07. The molecule has 0 spiro atoms. The molecule has 9 nitrogen and oxygen atoms in total. The van der Waals surface area contributed by atoms with Gasteiger partial charge in [-0.25, -0.2) is 14.3 Å². The Labute approximate surface area is 178 Å². The maximum atomic E-state index is 12.4. The van der Waals surface area contributed by atoms with Gasteiger partial charge < -0.3 is 10.6 Å². The van der Waals surface area contributed by atoms with Crippen LogP contribution in [0.2, 0.25) is 0 Å². The van der Waals surface area contributed by atoms with Gasteiger partial charge in [-0.1, -0.05) is 42.5 Å². The molecule has 0 radical (unpaired) electrons. The topological polar surface area (TPSA) is 117 Å². The number of hydrogen-bond acceptors (Lipinski definition) is 4. The predicted molar refractivity (Wildman–Crippen MR) is 115 cm³/mol. The predicted octanol–water partition coefficient (Wildman–Crippen LogP) is 2.56. The highest BCUT2D eigenvalue weighted by atomic mass is 16.2. The fourth-order valence-corrected chi connectivity index (χ4v) is 3.37. The molecule has 1 unspecified atom stereocenters. The molecule has 1 aromatic heterocycles. The second kappa shape index (κ2) is 7.94. The standard InChI is InChI=1S/C22H22N6O3/c1-14-13-28(17-9-4-3-5-10-17)27-18(14)24-20(30)23-12-15-7-6-8-16(11-15)22(2)19(29)25-21(31)26-22/h3-11,13H,12H2,1-2H3,(H2,23,24,27,30)(H2,25,26,29,31). The summed E-state index contributed by atoms with van der Waals surface area (Å²) in [4.78, 5) is 36.1. The van der Waals surface area contributed by atoms with E-state index in [2.05, 4.69) is 26.4 Å². The van der Waals surface area contributed by atoms with Gasteiger partial charge in [0.05, 0.1) is 5.69 Å². The minimum absolute atomic E-state index is 0.240. The van der Waals surface area contributed by atoms with Crippen LogP contribution in [0.4, 0.5) is 15.4 Å². The molecule has 2 aromatic carbocycles. The summed E-state index contributed by atoms with van der Waals surface area (Å²) in [5, 5.41) is 14.8. The number of rotatable bonds is 5. The lowest BCUT2D eigenvalue weighted by molar-refractivity contribution is -0.123. The molecule has 1 atom stereocenters. The van der Waals surface area contributed by atoms with Gasteiger partial charge in [0.25, 0.3) is 5.91 Å². The number of para-hydroxylation sites is 1. The molecule has 5 amide bonds. The summed E-state index contributed by atoms with van der Waals surface area (Å²) in [6.07, 6.45) is 1.84. The smallest absolute Gasteiger partial charge is 0.322 e. The van der Waals surface area contributed by atoms with Crippen molar-refractivity contribution in [3.8, 4) is 5.69 Å². The molecule has 4 rings (SSSR count).